The summed E-state index contributed by atoms with van der Waals surface area (Å²) in [7, 11) is -1.49. The second-order valence-electron chi connectivity index (χ2n) is 12.0. The van der Waals surface area contributed by atoms with E-state index < -0.39 is 14.3 Å². The number of carbonyl (C=O) groups excluding carboxylic acids is 1. The Morgan fingerprint density at radius 3 is 1.84 bits per heavy atom. The van der Waals surface area contributed by atoms with E-state index in [1.165, 1.54) is 17.5 Å². The molecule has 0 saturated heterocycles. The number of benzene rings is 3. The molecule has 0 amide bonds. The highest BCUT2D eigenvalue weighted by atomic mass is 28.4. The van der Waals surface area contributed by atoms with Crippen LogP contribution in [0.2, 0.25) is 5.04 Å². The van der Waals surface area contributed by atoms with Crippen LogP contribution in [0, 0.1) is 44.5 Å². The maximum absolute atomic E-state index is 11.3. The monoisotopic (exact) mass is 594 g/mol. The highest BCUT2D eigenvalue weighted by Gasteiger charge is 2.52. The van der Waals surface area contributed by atoms with E-state index in [2.05, 4.69) is 124 Å². The van der Waals surface area contributed by atoms with Crippen LogP contribution in [0.4, 0.5) is 0 Å². The zero-order chi connectivity index (χ0) is 31.5. The Kier molecular flexibility index (Phi) is 12.1. The Morgan fingerprint density at radius 1 is 0.767 bits per heavy atom. The molecule has 0 heterocycles. The maximum atomic E-state index is 11.3. The minimum atomic E-state index is -2.82. The van der Waals surface area contributed by atoms with Gasteiger partial charge in [-0.1, -0.05) is 87.4 Å². The summed E-state index contributed by atoms with van der Waals surface area (Å²) in [6.45, 7) is 13.0. The van der Waals surface area contributed by atoms with E-state index in [0.29, 0.717) is 12.2 Å². The molecule has 0 radical (unpaired) electrons. The molecule has 0 spiro atoms. The Morgan fingerprint density at radius 2 is 1.30 bits per heavy atom. The lowest BCUT2D eigenvalue weighted by molar-refractivity contribution is -0.133. The largest absolute Gasteiger partial charge is 0.534 e. The first-order chi connectivity index (χ1) is 20.5. The molecule has 0 aliphatic carbocycles. The topological polar surface area (TPSA) is 55.8 Å². The predicted molar refractivity (Wildman–Crippen MR) is 180 cm³/mol. The highest BCUT2D eigenvalue weighted by molar-refractivity contribution is 7.00. The number of aromatic hydroxyl groups is 1. The molecule has 4 nitrogen and oxygen atoms in total. The van der Waals surface area contributed by atoms with Gasteiger partial charge in [0.05, 0.1) is 7.11 Å². The summed E-state index contributed by atoms with van der Waals surface area (Å²) >= 11 is 0. The summed E-state index contributed by atoms with van der Waals surface area (Å²) < 4.78 is 12.0. The Balaban J connectivity index is 1.83. The minimum Gasteiger partial charge on any atom is -0.534 e. The summed E-state index contributed by atoms with van der Waals surface area (Å²) in [6.07, 6.45) is 5.68. The van der Waals surface area contributed by atoms with Crippen molar-refractivity contribution in [3.63, 3.8) is 0 Å². The van der Waals surface area contributed by atoms with Gasteiger partial charge < -0.3 is 14.3 Å². The molecule has 3 aromatic rings. The normalized spacial score (nSPS) is 11.1. The van der Waals surface area contributed by atoms with Crippen LogP contribution in [0.15, 0.2) is 60.7 Å². The van der Waals surface area contributed by atoms with Gasteiger partial charge in [-0.25, -0.2) is 4.79 Å². The number of rotatable bonds is 10. The molecule has 0 aromatic heterocycles. The number of unbranched alkanes of at least 4 members (excludes halogenated alkanes) is 4. The van der Waals surface area contributed by atoms with Crippen LogP contribution in [-0.2, 0) is 16.0 Å². The van der Waals surface area contributed by atoms with Gasteiger partial charge in [0, 0.05) is 30.7 Å². The van der Waals surface area contributed by atoms with Gasteiger partial charge >= 0.3 is 14.3 Å². The number of phenols is 1. The smallest absolute Gasteiger partial charge is 0.384 e. The van der Waals surface area contributed by atoms with Crippen molar-refractivity contribution in [1.82, 2.24) is 0 Å². The lowest BCUT2D eigenvalue weighted by Gasteiger charge is -2.44. The lowest BCUT2D eigenvalue weighted by atomic mass is 9.94. The second kappa shape index (κ2) is 15.5. The van der Waals surface area contributed by atoms with Gasteiger partial charge in [0.2, 0.25) is 0 Å². The summed E-state index contributed by atoms with van der Waals surface area (Å²) in [5, 5.41) is 13.6. The predicted octanol–water partition coefficient (Wildman–Crippen LogP) is 7.32. The van der Waals surface area contributed by atoms with Crippen molar-refractivity contribution < 1.29 is 19.1 Å². The average molecular weight is 595 g/mol. The first kappa shape index (κ1) is 33.6. The number of methoxy groups -OCH3 is 1. The van der Waals surface area contributed by atoms with E-state index in [1.54, 1.807) is 0 Å². The number of carbonyl (C=O) groups is 1. The molecule has 0 atom stereocenters. The van der Waals surface area contributed by atoms with Crippen LogP contribution in [0.1, 0.15) is 81.5 Å². The van der Waals surface area contributed by atoms with Crippen LogP contribution >= 0.6 is 0 Å². The fourth-order valence-corrected chi connectivity index (χ4v) is 10.1. The van der Waals surface area contributed by atoms with Gasteiger partial charge in [-0.15, -0.1) is 11.8 Å². The molecule has 43 heavy (non-hydrogen) atoms. The first-order valence-electron chi connectivity index (χ1n) is 15.2. The SMILES string of the molecule is COC(=O)C#CCCCC#CCCCCc1c(C)c(O[Si](c2ccccc2)(c2ccccc2)C(C)(C)C)c(C)c(C)c1O. The fraction of sp³-hybridized carbons (Fsp3) is 0.395. The van der Waals surface area contributed by atoms with Gasteiger partial charge in [-0.05, 0) is 78.6 Å². The number of esters is 1. The van der Waals surface area contributed by atoms with Gasteiger partial charge in [-0.2, -0.15) is 0 Å². The molecular weight excluding hydrogens is 549 g/mol. The Bertz CT molecular complexity index is 1460. The molecule has 5 heteroatoms. The van der Waals surface area contributed by atoms with Crippen molar-refractivity contribution in [1.29, 1.82) is 0 Å². The van der Waals surface area contributed by atoms with Gasteiger partial charge in [0.25, 0.3) is 0 Å². The molecule has 0 saturated carbocycles. The minimum absolute atomic E-state index is 0.160. The molecule has 3 rings (SSSR count). The zero-order valence-corrected chi connectivity index (χ0v) is 27.9. The molecule has 0 unspecified atom stereocenters. The van der Waals surface area contributed by atoms with E-state index in [0.717, 1.165) is 66.5 Å². The van der Waals surface area contributed by atoms with Crippen molar-refractivity contribution in [3.05, 3.63) is 82.9 Å². The van der Waals surface area contributed by atoms with Crippen LogP contribution < -0.4 is 14.8 Å². The van der Waals surface area contributed by atoms with Gasteiger partial charge in [0.1, 0.15) is 11.5 Å². The molecule has 1 N–H and O–H groups in total. The molecule has 3 aromatic carbocycles. The Hall–Kier alpha value is -3.93. The summed E-state index contributed by atoms with van der Waals surface area (Å²) in [4.78, 5) is 11.0. The highest BCUT2D eigenvalue weighted by Crippen LogP contribution is 2.43. The number of hydrogen-bond acceptors (Lipinski definition) is 4. The molecule has 0 bridgehead atoms. The summed E-state index contributed by atoms with van der Waals surface area (Å²) in [5.74, 6) is 12.5. The van der Waals surface area contributed by atoms with Crippen molar-refractivity contribution in [2.75, 3.05) is 7.11 Å². The molecule has 0 fully saturated rings. The Labute approximate surface area is 260 Å². The van der Waals surface area contributed by atoms with Crippen LogP contribution in [-0.4, -0.2) is 26.5 Å². The van der Waals surface area contributed by atoms with Crippen LogP contribution in [0.3, 0.4) is 0 Å². The van der Waals surface area contributed by atoms with Crippen molar-refractivity contribution in [2.24, 2.45) is 0 Å². The maximum Gasteiger partial charge on any atom is 0.384 e. The average Bonchev–Trinajstić information content (AvgIpc) is 3.00. The van der Waals surface area contributed by atoms with Crippen LogP contribution in [0.25, 0.3) is 0 Å². The second-order valence-corrected chi connectivity index (χ2v) is 16.2. The van der Waals surface area contributed by atoms with E-state index in [-0.39, 0.29) is 5.04 Å². The third-order valence-electron chi connectivity index (χ3n) is 8.09. The van der Waals surface area contributed by atoms with E-state index in [9.17, 15) is 9.90 Å². The number of hydrogen-bond donors (Lipinski definition) is 1. The van der Waals surface area contributed by atoms with Gasteiger partial charge in [-0.3, -0.25) is 0 Å². The molecular formula is C38H46O4Si. The third kappa shape index (κ3) is 8.13. The van der Waals surface area contributed by atoms with Crippen molar-refractivity contribution >= 4 is 24.7 Å². The number of ether oxygens (including phenoxy) is 1. The van der Waals surface area contributed by atoms with E-state index in [1.807, 2.05) is 6.92 Å². The summed E-state index contributed by atoms with van der Waals surface area (Å²) in [5.41, 5.74) is 3.86. The molecule has 0 aliphatic rings. The van der Waals surface area contributed by atoms with E-state index >= 15 is 0 Å². The summed E-state index contributed by atoms with van der Waals surface area (Å²) in [6, 6.07) is 21.4. The standard InChI is InChI=1S/C38H46O4Si/c1-29-30(2)37(42-43(38(4,5)6,32-23-17-15-18-24-32)33-25-19-16-20-26-33)31(3)34(36(29)40)27-21-13-11-9-8-10-12-14-22-28-35(39)41-7/h15-20,23-26,40H,10-14,21,27H2,1-7H3. The number of phenolic OH excluding ortho intramolecular Hbond substituents is 1. The molecule has 0 aliphatic heterocycles. The van der Waals surface area contributed by atoms with E-state index in [4.69, 9.17) is 4.43 Å². The first-order valence-corrected chi connectivity index (χ1v) is 17.1. The third-order valence-corrected chi connectivity index (χ3v) is 13.0. The van der Waals surface area contributed by atoms with Crippen molar-refractivity contribution in [2.45, 2.75) is 91.5 Å². The van der Waals surface area contributed by atoms with Crippen LogP contribution in [0.5, 0.6) is 11.5 Å². The molecule has 226 valence electrons. The fourth-order valence-electron chi connectivity index (χ4n) is 5.57. The zero-order valence-electron chi connectivity index (χ0n) is 26.9. The van der Waals surface area contributed by atoms with Gasteiger partial charge in [0.15, 0.2) is 0 Å². The lowest BCUT2D eigenvalue weighted by Crippen LogP contribution is -2.69. The van der Waals surface area contributed by atoms with Crippen molar-refractivity contribution in [3.8, 4) is 35.2 Å². The quantitative estimate of drug-likeness (QED) is 0.0879.